The van der Waals surface area contributed by atoms with Gasteiger partial charge >= 0.3 is 0 Å². The molecule has 0 bridgehead atoms. The van der Waals surface area contributed by atoms with Crippen LogP contribution < -0.4 is 0 Å². The Morgan fingerprint density at radius 2 is 1.50 bits per heavy atom. The molecule has 1 saturated heterocycles. The molecule has 0 saturated carbocycles. The van der Waals surface area contributed by atoms with Crippen LogP contribution in [0.15, 0.2) is 11.1 Å². The van der Waals surface area contributed by atoms with Crippen molar-refractivity contribution in [3.8, 4) is 0 Å². The maximum atomic E-state index is 6.74. The van der Waals surface area contributed by atoms with Crippen molar-refractivity contribution in [3.05, 3.63) is 11.1 Å². The van der Waals surface area contributed by atoms with E-state index in [-0.39, 0.29) is 0 Å². The summed E-state index contributed by atoms with van der Waals surface area (Å²) in [5.41, 5.74) is 1.99. The Bertz CT molecular complexity index is 542. The Morgan fingerprint density at radius 1 is 0.933 bits per heavy atom. The van der Waals surface area contributed by atoms with E-state index in [9.17, 15) is 0 Å². The monoisotopic (exact) mass is 455 g/mol. The second-order valence-corrected chi connectivity index (χ2v) is 21.8. The van der Waals surface area contributed by atoms with Crippen molar-refractivity contribution in [1.82, 2.24) is 4.90 Å². The summed E-state index contributed by atoms with van der Waals surface area (Å²) in [5.74, 6) is 1.21. The first-order chi connectivity index (χ1) is 14.0. The zero-order valence-electron chi connectivity index (χ0n) is 21.3. The lowest BCUT2D eigenvalue weighted by Gasteiger charge is -2.42. The number of hydrogen-bond donors (Lipinski definition) is 0. The van der Waals surface area contributed by atoms with Crippen molar-refractivity contribution in [2.75, 3.05) is 32.9 Å². The average molecular weight is 456 g/mol. The van der Waals surface area contributed by atoms with E-state index in [1.807, 2.05) is 0 Å². The van der Waals surface area contributed by atoms with Crippen LogP contribution in [0.1, 0.15) is 67.2 Å². The van der Waals surface area contributed by atoms with Gasteiger partial charge in [-0.3, -0.25) is 0 Å². The van der Waals surface area contributed by atoms with E-state index in [4.69, 9.17) is 13.9 Å². The molecule has 0 aliphatic carbocycles. The van der Waals surface area contributed by atoms with Gasteiger partial charge in [0.1, 0.15) is 6.10 Å². The minimum Gasteiger partial charge on any atom is -0.476 e. The molecule has 2 aliphatic rings. The molecule has 1 fully saturated rings. The summed E-state index contributed by atoms with van der Waals surface area (Å²) in [4.78, 5) is 2.44. The predicted octanol–water partition coefficient (Wildman–Crippen LogP) is 6.56. The molecule has 0 N–H and O–H groups in total. The normalized spacial score (nSPS) is 21.3. The lowest BCUT2D eigenvalue weighted by Crippen LogP contribution is -2.47. The molecular formula is C24H49NO3Si2. The van der Waals surface area contributed by atoms with Gasteiger partial charge in [0.2, 0.25) is 0 Å². The Balaban J connectivity index is 1.86. The molecule has 6 heteroatoms. The Kier molecular flexibility index (Phi) is 9.53. The van der Waals surface area contributed by atoms with Gasteiger partial charge in [0.05, 0.1) is 21.3 Å². The molecule has 1 atom stereocenters. The minimum atomic E-state index is -1.73. The maximum absolute atomic E-state index is 6.74. The van der Waals surface area contributed by atoms with Crippen molar-refractivity contribution in [1.29, 1.82) is 0 Å². The van der Waals surface area contributed by atoms with Crippen LogP contribution >= 0.6 is 0 Å². The highest BCUT2D eigenvalue weighted by atomic mass is 28.4. The van der Waals surface area contributed by atoms with Gasteiger partial charge in [-0.25, -0.2) is 0 Å². The minimum absolute atomic E-state index is 0.354. The third-order valence-corrected chi connectivity index (χ3v) is 15.5. The molecule has 0 aromatic carbocycles. The van der Waals surface area contributed by atoms with Crippen LogP contribution in [-0.2, 0) is 13.9 Å². The molecular weight excluding hydrogens is 406 g/mol. The first-order valence-electron chi connectivity index (χ1n) is 12.4. The van der Waals surface area contributed by atoms with Crippen LogP contribution in [0.4, 0.5) is 0 Å². The Labute approximate surface area is 188 Å². The molecule has 2 rings (SSSR count). The molecule has 2 heterocycles. The maximum Gasteiger partial charge on any atom is 0.200 e. The first kappa shape index (κ1) is 26.0. The topological polar surface area (TPSA) is 30.9 Å². The molecule has 0 amide bonds. The van der Waals surface area contributed by atoms with Crippen molar-refractivity contribution in [2.45, 2.75) is 110 Å². The zero-order valence-corrected chi connectivity index (χ0v) is 23.3. The van der Waals surface area contributed by atoms with Gasteiger partial charge < -0.3 is 18.8 Å². The summed E-state index contributed by atoms with van der Waals surface area (Å²) in [6.45, 7) is 26.1. The highest BCUT2D eigenvalue weighted by molar-refractivity contribution is 6.83. The average Bonchev–Trinajstić information content (AvgIpc) is 3.09. The molecule has 0 radical (unpaired) electrons. The standard InChI is InChI=1S/C24H49NO3Si2/c1-19(2)30(20(3)4,21(5)6)27-15-11-10-12-22-18-23(29(7,8)9)24(28-22)25-13-16-26-17-14-25/h19-22H,10-18H2,1-9H3/t22-/m1/s1. The van der Waals surface area contributed by atoms with Gasteiger partial charge in [-0.05, 0) is 41.1 Å². The van der Waals surface area contributed by atoms with E-state index >= 15 is 0 Å². The van der Waals surface area contributed by atoms with E-state index < -0.39 is 16.4 Å². The van der Waals surface area contributed by atoms with Gasteiger partial charge in [0, 0.05) is 26.1 Å². The van der Waals surface area contributed by atoms with Crippen molar-refractivity contribution >= 4 is 16.4 Å². The lowest BCUT2D eigenvalue weighted by atomic mass is 10.1. The van der Waals surface area contributed by atoms with Gasteiger partial charge in [-0.2, -0.15) is 0 Å². The van der Waals surface area contributed by atoms with E-state index in [0.717, 1.165) is 52.2 Å². The number of ether oxygens (including phenoxy) is 2. The van der Waals surface area contributed by atoms with Gasteiger partial charge in [0.25, 0.3) is 0 Å². The fraction of sp³-hybridized carbons (Fsp3) is 0.917. The Morgan fingerprint density at radius 3 is 2.00 bits per heavy atom. The molecule has 176 valence electrons. The number of unbranched alkanes of at least 4 members (excludes halogenated alkanes) is 1. The molecule has 0 aromatic rings. The van der Waals surface area contributed by atoms with E-state index in [1.165, 1.54) is 12.3 Å². The van der Waals surface area contributed by atoms with Crippen molar-refractivity contribution < 1.29 is 13.9 Å². The van der Waals surface area contributed by atoms with E-state index in [2.05, 4.69) is 66.1 Å². The highest BCUT2D eigenvalue weighted by Crippen LogP contribution is 2.42. The molecule has 0 aromatic heterocycles. The fourth-order valence-corrected chi connectivity index (χ4v) is 12.8. The summed E-state index contributed by atoms with van der Waals surface area (Å²) < 4.78 is 18.9. The number of morpholine rings is 1. The smallest absolute Gasteiger partial charge is 0.200 e. The molecule has 2 aliphatic heterocycles. The van der Waals surface area contributed by atoms with Crippen LogP contribution in [0.3, 0.4) is 0 Å². The Hall–Kier alpha value is -0.306. The van der Waals surface area contributed by atoms with Gasteiger partial charge in [0.15, 0.2) is 14.2 Å². The SMILES string of the molecule is CC(C)[Si](OCCCC[C@@H]1CC([Si](C)(C)C)=C(N2CCOCC2)O1)(C(C)C)C(C)C. The molecule has 0 spiro atoms. The largest absolute Gasteiger partial charge is 0.476 e. The van der Waals surface area contributed by atoms with Crippen LogP contribution in [0.2, 0.25) is 36.3 Å². The molecule has 30 heavy (non-hydrogen) atoms. The quantitative estimate of drug-likeness (QED) is 0.261. The van der Waals surface area contributed by atoms with Crippen LogP contribution in [0.25, 0.3) is 0 Å². The fourth-order valence-electron chi connectivity index (χ4n) is 5.63. The summed E-state index contributed by atoms with van der Waals surface area (Å²) in [6, 6.07) is 0. The van der Waals surface area contributed by atoms with E-state index in [0.29, 0.717) is 22.7 Å². The third-order valence-electron chi connectivity index (χ3n) is 7.15. The van der Waals surface area contributed by atoms with Gasteiger partial charge in [-0.15, -0.1) is 0 Å². The second kappa shape index (κ2) is 11.0. The van der Waals surface area contributed by atoms with Crippen LogP contribution in [0, 0.1) is 0 Å². The zero-order chi connectivity index (χ0) is 22.5. The lowest BCUT2D eigenvalue weighted by molar-refractivity contribution is 0.00304. The molecule has 0 unspecified atom stereocenters. The summed E-state index contributed by atoms with van der Waals surface area (Å²) in [5, 5.41) is 1.62. The predicted molar refractivity (Wildman–Crippen MR) is 133 cm³/mol. The van der Waals surface area contributed by atoms with Gasteiger partial charge in [-0.1, -0.05) is 61.2 Å². The first-order valence-corrected chi connectivity index (χ1v) is 18.0. The van der Waals surface area contributed by atoms with Crippen molar-refractivity contribution in [3.63, 3.8) is 0 Å². The number of hydrogen-bond acceptors (Lipinski definition) is 4. The van der Waals surface area contributed by atoms with E-state index in [1.54, 1.807) is 5.20 Å². The third kappa shape index (κ3) is 6.14. The summed E-state index contributed by atoms with van der Waals surface area (Å²) in [7, 11) is -3.11. The number of rotatable bonds is 11. The summed E-state index contributed by atoms with van der Waals surface area (Å²) in [6.07, 6.45) is 4.97. The number of nitrogens with zero attached hydrogens (tertiary/aromatic N) is 1. The van der Waals surface area contributed by atoms with Crippen molar-refractivity contribution in [2.24, 2.45) is 0 Å². The second-order valence-electron chi connectivity index (χ2n) is 11.2. The van der Waals surface area contributed by atoms with Crippen LogP contribution in [-0.4, -0.2) is 60.3 Å². The summed E-state index contributed by atoms with van der Waals surface area (Å²) >= 11 is 0. The van der Waals surface area contributed by atoms with Crippen LogP contribution in [0.5, 0.6) is 0 Å². The highest BCUT2D eigenvalue weighted by Gasteiger charge is 2.44. The molecule has 4 nitrogen and oxygen atoms in total.